The average Bonchev–Trinajstić information content (AvgIpc) is 3.38. The summed E-state index contributed by atoms with van der Waals surface area (Å²) in [6.07, 6.45) is 3.57. The Morgan fingerprint density at radius 3 is 2.79 bits per heavy atom. The molecule has 0 unspecified atom stereocenters. The number of aromatic nitrogens is 1. The van der Waals surface area contributed by atoms with Crippen LogP contribution in [-0.2, 0) is 16.6 Å². The third-order valence-corrected chi connectivity index (χ3v) is 5.54. The number of aliphatic hydroxyl groups is 1. The fraction of sp³-hybridized carbons (Fsp3) is 0.400. The van der Waals surface area contributed by atoms with Gasteiger partial charge in [-0.3, -0.25) is 9.78 Å². The van der Waals surface area contributed by atoms with Crippen LogP contribution < -0.4 is 0 Å². The van der Waals surface area contributed by atoms with Crippen LogP contribution in [0.4, 0.5) is 4.39 Å². The van der Waals surface area contributed by atoms with Crippen molar-refractivity contribution in [3.8, 4) is 0 Å². The van der Waals surface area contributed by atoms with Crippen LogP contribution in [0.25, 0.3) is 0 Å². The van der Waals surface area contributed by atoms with Crippen molar-refractivity contribution in [3.63, 3.8) is 0 Å². The highest BCUT2D eigenvalue weighted by Crippen LogP contribution is 2.47. The van der Waals surface area contributed by atoms with Crippen LogP contribution in [0.5, 0.6) is 0 Å². The summed E-state index contributed by atoms with van der Waals surface area (Å²) < 4.78 is 14.1. The number of hydrogen-bond acceptors (Lipinski definition) is 3. The molecule has 0 spiro atoms. The molecule has 2 aliphatic rings. The van der Waals surface area contributed by atoms with Crippen molar-refractivity contribution in [1.82, 2.24) is 4.98 Å². The zero-order valence-corrected chi connectivity index (χ0v) is 13.7. The molecular weight excluding hydrogens is 305 g/mol. The number of nitrogens with zero attached hydrogens (tertiary/aromatic N) is 1. The molecule has 0 aliphatic heterocycles. The Hall–Kier alpha value is -2.07. The van der Waals surface area contributed by atoms with Crippen molar-refractivity contribution in [2.75, 3.05) is 6.61 Å². The zero-order valence-electron chi connectivity index (χ0n) is 13.7. The van der Waals surface area contributed by atoms with E-state index in [0.717, 1.165) is 17.0 Å². The molecule has 0 bridgehead atoms. The first kappa shape index (κ1) is 15.5. The van der Waals surface area contributed by atoms with Gasteiger partial charge < -0.3 is 5.11 Å². The van der Waals surface area contributed by atoms with Gasteiger partial charge in [0.2, 0.25) is 0 Å². The monoisotopic (exact) mass is 325 g/mol. The third-order valence-electron chi connectivity index (χ3n) is 5.54. The van der Waals surface area contributed by atoms with Gasteiger partial charge in [-0.25, -0.2) is 4.39 Å². The minimum Gasteiger partial charge on any atom is -0.389 e. The van der Waals surface area contributed by atoms with Gasteiger partial charge in [0.25, 0.3) is 0 Å². The summed E-state index contributed by atoms with van der Waals surface area (Å²) in [6.45, 7) is 1.14. The Labute approximate surface area is 140 Å². The Bertz CT molecular complexity index is 828. The van der Waals surface area contributed by atoms with Gasteiger partial charge in [0.15, 0.2) is 5.78 Å². The first-order valence-corrected chi connectivity index (χ1v) is 8.48. The highest BCUT2D eigenvalue weighted by Gasteiger charge is 2.48. The van der Waals surface area contributed by atoms with Crippen molar-refractivity contribution in [2.45, 2.75) is 43.9 Å². The molecule has 0 amide bonds. The Balaban J connectivity index is 1.92. The van der Waals surface area contributed by atoms with E-state index in [4.69, 9.17) is 4.98 Å². The molecule has 2 aromatic rings. The zero-order chi connectivity index (χ0) is 16.9. The molecule has 1 heterocycles. The number of aliphatic hydroxyl groups excluding tert-OH is 1. The molecule has 4 heteroatoms. The van der Waals surface area contributed by atoms with Crippen LogP contribution in [0.1, 0.15) is 53.3 Å². The van der Waals surface area contributed by atoms with Gasteiger partial charge >= 0.3 is 0 Å². The number of Topliss-reactive ketones (excluding diaryl/α,β-unsaturated/α-hetero) is 1. The fourth-order valence-corrected chi connectivity index (χ4v) is 4.07. The number of rotatable bonds is 4. The maximum atomic E-state index is 14.1. The maximum Gasteiger partial charge on any atom is 0.173 e. The van der Waals surface area contributed by atoms with Gasteiger partial charge in [-0.15, -0.1) is 0 Å². The first-order valence-electron chi connectivity index (χ1n) is 8.48. The fourth-order valence-electron chi connectivity index (χ4n) is 4.07. The number of carbonyl (C=O) groups excluding carboxylic acids is 1. The predicted molar refractivity (Wildman–Crippen MR) is 88.5 cm³/mol. The quantitative estimate of drug-likeness (QED) is 0.939. The Morgan fingerprint density at radius 2 is 2.08 bits per heavy atom. The number of ketones is 1. The van der Waals surface area contributed by atoms with Gasteiger partial charge in [-0.05, 0) is 61.4 Å². The van der Waals surface area contributed by atoms with E-state index in [2.05, 4.69) is 0 Å². The average molecular weight is 325 g/mol. The molecule has 1 saturated carbocycles. The van der Waals surface area contributed by atoms with Gasteiger partial charge in [0, 0.05) is 17.3 Å². The summed E-state index contributed by atoms with van der Waals surface area (Å²) in [6, 6.07) is 8.81. The predicted octanol–water partition coefficient (Wildman–Crippen LogP) is 3.20. The number of fused-ring (bicyclic) bond motifs is 1. The number of benzene rings is 1. The SMILES string of the molecule is Cc1c(F)cccc1[C@@]1(C(=O)CO)CCc2nc(C3CC3)ccc21. The number of aryl methyl sites for hydroxylation is 1. The van der Waals surface area contributed by atoms with Gasteiger partial charge in [-0.1, -0.05) is 18.2 Å². The van der Waals surface area contributed by atoms with E-state index in [1.54, 1.807) is 19.1 Å². The molecule has 1 N–H and O–H groups in total. The maximum absolute atomic E-state index is 14.1. The van der Waals surface area contributed by atoms with Crippen molar-refractivity contribution in [3.05, 3.63) is 64.2 Å². The van der Waals surface area contributed by atoms with Crippen LogP contribution in [0.3, 0.4) is 0 Å². The van der Waals surface area contributed by atoms with E-state index in [0.29, 0.717) is 29.9 Å². The molecule has 124 valence electrons. The standard InChI is InChI=1S/C20H20FNO2/c1-12-14(3-2-4-16(12)21)20(19(24)11-23)10-9-18-15(20)7-8-17(22-18)13-5-6-13/h2-4,7-8,13,23H,5-6,9-11H2,1H3/t20-/m0/s1. The van der Waals surface area contributed by atoms with E-state index in [9.17, 15) is 14.3 Å². The minimum atomic E-state index is -0.981. The van der Waals surface area contributed by atoms with E-state index in [-0.39, 0.29) is 11.6 Å². The molecule has 1 aromatic heterocycles. The molecule has 0 radical (unpaired) electrons. The van der Waals surface area contributed by atoms with Crippen molar-refractivity contribution in [1.29, 1.82) is 0 Å². The van der Waals surface area contributed by atoms with Crippen LogP contribution in [0, 0.1) is 12.7 Å². The smallest absolute Gasteiger partial charge is 0.173 e. The summed E-state index contributed by atoms with van der Waals surface area (Å²) in [4.78, 5) is 17.6. The number of hydrogen-bond donors (Lipinski definition) is 1. The molecule has 1 aromatic carbocycles. The lowest BCUT2D eigenvalue weighted by molar-refractivity contribution is -0.126. The van der Waals surface area contributed by atoms with E-state index < -0.39 is 12.0 Å². The minimum absolute atomic E-state index is 0.282. The van der Waals surface area contributed by atoms with Crippen LogP contribution in [-0.4, -0.2) is 22.5 Å². The summed E-state index contributed by atoms with van der Waals surface area (Å²) in [5.41, 5.74) is 2.99. The lowest BCUT2D eigenvalue weighted by Gasteiger charge is -2.30. The highest BCUT2D eigenvalue weighted by atomic mass is 19.1. The summed E-state index contributed by atoms with van der Waals surface area (Å²) in [5.74, 6) is -0.0562. The van der Waals surface area contributed by atoms with Crippen molar-refractivity contribution >= 4 is 5.78 Å². The lowest BCUT2D eigenvalue weighted by atomic mass is 9.71. The molecule has 4 rings (SSSR count). The molecule has 0 saturated heterocycles. The highest BCUT2D eigenvalue weighted by molar-refractivity contribution is 5.96. The van der Waals surface area contributed by atoms with E-state index in [1.165, 1.54) is 18.9 Å². The molecule has 3 nitrogen and oxygen atoms in total. The molecule has 24 heavy (non-hydrogen) atoms. The second-order valence-corrected chi connectivity index (χ2v) is 6.90. The van der Waals surface area contributed by atoms with Crippen LogP contribution in [0.2, 0.25) is 0 Å². The van der Waals surface area contributed by atoms with E-state index in [1.807, 2.05) is 12.1 Å². The summed E-state index contributed by atoms with van der Waals surface area (Å²) in [7, 11) is 0. The molecule has 1 atom stereocenters. The van der Waals surface area contributed by atoms with Gasteiger partial charge in [0.05, 0.1) is 5.41 Å². The van der Waals surface area contributed by atoms with E-state index >= 15 is 0 Å². The lowest BCUT2D eigenvalue weighted by Crippen LogP contribution is -2.38. The molecular formula is C20H20FNO2. The molecule has 2 aliphatic carbocycles. The Morgan fingerprint density at radius 1 is 1.29 bits per heavy atom. The number of pyridine rings is 1. The number of halogens is 1. The van der Waals surface area contributed by atoms with Gasteiger partial charge in [-0.2, -0.15) is 0 Å². The largest absolute Gasteiger partial charge is 0.389 e. The topological polar surface area (TPSA) is 50.2 Å². The van der Waals surface area contributed by atoms with Crippen LogP contribution >= 0.6 is 0 Å². The van der Waals surface area contributed by atoms with Gasteiger partial charge in [0.1, 0.15) is 12.4 Å². The van der Waals surface area contributed by atoms with Crippen molar-refractivity contribution in [2.24, 2.45) is 0 Å². The second-order valence-electron chi connectivity index (χ2n) is 6.90. The first-order chi connectivity index (χ1) is 11.6. The van der Waals surface area contributed by atoms with Crippen molar-refractivity contribution < 1.29 is 14.3 Å². The third kappa shape index (κ3) is 2.13. The summed E-state index contributed by atoms with van der Waals surface area (Å²) in [5, 5.41) is 9.60. The van der Waals surface area contributed by atoms with Crippen LogP contribution in [0.15, 0.2) is 30.3 Å². The number of carbonyl (C=O) groups is 1. The second kappa shape index (κ2) is 5.49. The Kier molecular flexibility index (Phi) is 3.53. The summed E-state index contributed by atoms with van der Waals surface area (Å²) >= 11 is 0. The normalized spacial score (nSPS) is 22.5. The molecule has 1 fully saturated rings.